The molecule has 1 N–H and O–H groups in total. The number of rotatable bonds is 6. The zero-order valence-electron chi connectivity index (χ0n) is 9.17. The van der Waals surface area contributed by atoms with Gasteiger partial charge in [-0.25, -0.2) is 0 Å². The fraction of sp³-hybridized carbons (Fsp3) is 0.385. The van der Waals surface area contributed by atoms with Gasteiger partial charge in [-0.05, 0) is 44.0 Å². The first-order valence-electron chi connectivity index (χ1n) is 5.34. The predicted molar refractivity (Wildman–Crippen MR) is 67.3 cm³/mol. The number of benzene rings is 1. The average Bonchev–Trinajstić information content (AvgIpc) is 2.25. The SMILES string of the molecule is C=CCCCN[C@H](C)c1ccc(Cl)cc1. The van der Waals surface area contributed by atoms with Crippen LogP contribution in [0.15, 0.2) is 36.9 Å². The summed E-state index contributed by atoms with van der Waals surface area (Å²) in [6, 6.07) is 8.37. The van der Waals surface area contributed by atoms with E-state index in [-0.39, 0.29) is 0 Å². The van der Waals surface area contributed by atoms with Crippen molar-refractivity contribution in [2.24, 2.45) is 0 Å². The van der Waals surface area contributed by atoms with E-state index in [2.05, 4.69) is 31.0 Å². The smallest absolute Gasteiger partial charge is 0.0406 e. The van der Waals surface area contributed by atoms with Crippen molar-refractivity contribution in [2.45, 2.75) is 25.8 Å². The van der Waals surface area contributed by atoms with Crippen LogP contribution < -0.4 is 5.32 Å². The molecular weight excluding hydrogens is 206 g/mol. The molecule has 0 aromatic heterocycles. The quantitative estimate of drug-likeness (QED) is 0.569. The highest BCUT2D eigenvalue weighted by molar-refractivity contribution is 6.30. The average molecular weight is 224 g/mol. The highest BCUT2D eigenvalue weighted by Gasteiger charge is 2.02. The van der Waals surface area contributed by atoms with Gasteiger partial charge in [-0.1, -0.05) is 29.8 Å². The molecule has 0 aliphatic carbocycles. The molecule has 0 radical (unpaired) electrons. The second-order valence-corrected chi connectivity index (χ2v) is 4.09. The Morgan fingerprint density at radius 3 is 2.67 bits per heavy atom. The Morgan fingerprint density at radius 1 is 1.40 bits per heavy atom. The van der Waals surface area contributed by atoms with Crippen LogP contribution in [0.25, 0.3) is 0 Å². The number of halogens is 1. The summed E-state index contributed by atoms with van der Waals surface area (Å²) in [6.07, 6.45) is 4.16. The molecule has 0 aliphatic heterocycles. The molecule has 0 amide bonds. The van der Waals surface area contributed by atoms with Crippen LogP contribution in [0.2, 0.25) is 5.02 Å². The lowest BCUT2D eigenvalue weighted by Crippen LogP contribution is -2.19. The monoisotopic (exact) mass is 223 g/mol. The maximum atomic E-state index is 5.83. The van der Waals surface area contributed by atoms with Crippen molar-refractivity contribution in [3.8, 4) is 0 Å². The number of allylic oxidation sites excluding steroid dienone is 1. The van der Waals surface area contributed by atoms with Gasteiger partial charge < -0.3 is 5.32 Å². The molecule has 0 saturated carbocycles. The lowest BCUT2D eigenvalue weighted by molar-refractivity contribution is 0.561. The van der Waals surface area contributed by atoms with Crippen LogP contribution in [0.3, 0.4) is 0 Å². The number of unbranched alkanes of at least 4 members (excludes halogenated alkanes) is 1. The third kappa shape index (κ3) is 4.50. The van der Waals surface area contributed by atoms with Gasteiger partial charge in [0.2, 0.25) is 0 Å². The summed E-state index contributed by atoms with van der Waals surface area (Å²) < 4.78 is 0. The van der Waals surface area contributed by atoms with Crippen LogP contribution in [0.5, 0.6) is 0 Å². The van der Waals surface area contributed by atoms with E-state index in [1.54, 1.807) is 0 Å². The molecule has 0 bridgehead atoms. The maximum Gasteiger partial charge on any atom is 0.0406 e. The van der Waals surface area contributed by atoms with Crippen molar-refractivity contribution < 1.29 is 0 Å². The molecule has 0 aliphatic rings. The van der Waals surface area contributed by atoms with Gasteiger partial charge in [-0.3, -0.25) is 0 Å². The van der Waals surface area contributed by atoms with Crippen molar-refractivity contribution >= 4 is 11.6 Å². The third-order valence-electron chi connectivity index (χ3n) is 2.41. The van der Waals surface area contributed by atoms with Crippen LogP contribution in [0.4, 0.5) is 0 Å². The van der Waals surface area contributed by atoms with Gasteiger partial charge >= 0.3 is 0 Å². The fourth-order valence-corrected chi connectivity index (χ4v) is 1.56. The van der Waals surface area contributed by atoms with Gasteiger partial charge in [0.25, 0.3) is 0 Å². The highest BCUT2D eigenvalue weighted by Crippen LogP contribution is 2.15. The number of hydrogen-bond acceptors (Lipinski definition) is 1. The predicted octanol–water partition coefficient (Wildman–Crippen LogP) is 3.96. The minimum absolute atomic E-state index is 0.382. The Bertz CT molecular complexity index is 292. The largest absolute Gasteiger partial charge is 0.310 e. The summed E-state index contributed by atoms with van der Waals surface area (Å²) in [5.41, 5.74) is 1.28. The summed E-state index contributed by atoms with van der Waals surface area (Å²) in [5.74, 6) is 0. The minimum atomic E-state index is 0.382. The van der Waals surface area contributed by atoms with Crippen molar-refractivity contribution in [1.82, 2.24) is 5.32 Å². The zero-order valence-corrected chi connectivity index (χ0v) is 9.93. The van der Waals surface area contributed by atoms with Crippen molar-refractivity contribution in [1.29, 1.82) is 0 Å². The van der Waals surface area contributed by atoms with Gasteiger partial charge in [-0.2, -0.15) is 0 Å². The summed E-state index contributed by atoms with van der Waals surface area (Å²) in [4.78, 5) is 0. The first-order valence-corrected chi connectivity index (χ1v) is 5.71. The molecule has 0 fully saturated rings. The Kier molecular flexibility index (Phi) is 5.44. The van der Waals surface area contributed by atoms with Crippen LogP contribution in [0.1, 0.15) is 31.4 Å². The minimum Gasteiger partial charge on any atom is -0.310 e. The Labute approximate surface area is 97.1 Å². The Hall–Kier alpha value is -0.790. The number of hydrogen-bond donors (Lipinski definition) is 1. The van der Waals surface area contributed by atoms with E-state index < -0.39 is 0 Å². The molecule has 1 nitrogen and oxygen atoms in total. The summed E-state index contributed by atoms with van der Waals surface area (Å²) in [6.45, 7) is 6.89. The van der Waals surface area contributed by atoms with Gasteiger partial charge in [-0.15, -0.1) is 6.58 Å². The van der Waals surface area contributed by atoms with Crippen LogP contribution >= 0.6 is 11.6 Å². The second kappa shape index (κ2) is 6.65. The first-order chi connectivity index (χ1) is 7.24. The third-order valence-corrected chi connectivity index (χ3v) is 2.66. The van der Waals surface area contributed by atoms with Gasteiger partial charge in [0.1, 0.15) is 0 Å². The summed E-state index contributed by atoms with van der Waals surface area (Å²) in [5, 5.41) is 4.25. The Balaban J connectivity index is 2.36. The van der Waals surface area contributed by atoms with Crippen molar-refractivity contribution in [3.05, 3.63) is 47.5 Å². The molecule has 2 heteroatoms. The lowest BCUT2D eigenvalue weighted by atomic mass is 10.1. The van der Waals surface area contributed by atoms with Gasteiger partial charge in [0.05, 0.1) is 0 Å². The van der Waals surface area contributed by atoms with E-state index in [1.165, 1.54) is 5.56 Å². The molecule has 0 spiro atoms. The molecule has 1 aromatic carbocycles. The van der Waals surface area contributed by atoms with Gasteiger partial charge in [0.15, 0.2) is 0 Å². The normalized spacial score (nSPS) is 12.4. The lowest BCUT2D eigenvalue weighted by Gasteiger charge is -2.13. The first kappa shape index (κ1) is 12.3. The van der Waals surface area contributed by atoms with Crippen LogP contribution in [-0.2, 0) is 0 Å². The molecule has 1 aromatic rings. The van der Waals surface area contributed by atoms with Crippen LogP contribution in [0, 0.1) is 0 Å². The van der Waals surface area contributed by atoms with E-state index in [0.717, 1.165) is 24.4 Å². The highest BCUT2D eigenvalue weighted by atomic mass is 35.5. The van der Waals surface area contributed by atoms with E-state index in [1.807, 2.05) is 18.2 Å². The topological polar surface area (TPSA) is 12.0 Å². The molecule has 0 heterocycles. The van der Waals surface area contributed by atoms with E-state index in [0.29, 0.717) is 6.04 Å². The molecular formula is C13H18ClN. The standard InChI is InChI=1S/C13H18ClN/c1-3-4-5-10-15-11(2)12-6-8-13(14)9-7-12/h3,6-9,11,15H,1,4-5,10H2,2H3/t11-/m1/s1. The van der Waals surface area contributed by atoms with Crippen molar-refractivity contribution in [3.63, 3.8) is 0 Å². The molecule has 0 unspecified atom stereocenters. The van der Waals surface area contributed by atoms with Crippen molar-refractivity contribution in [2.75, 3.05) is 6.54 Å². The molecule has 82 valence electrons. The molecule has 15 heavy (non-hydrogen) atoms. The fourth-order valence-electron chi connectivity index (χ4n) is 1.43. The number of nitrogens with one attached hydrogen (secondary N) is 1. The summed E-state index contributed by atoms with van der Waals surface area (Å²) >= 11 is 5.83. The maximum absolute atomic E-state index is 5.83. The molecule has 1 atom stereocenters. The summed E-state index contributed by atoms with van der Waals surface area (Å²) in [7, 11) is 0. The van der Waals surface area contributed by atoms with E-state index in [9.17, 15) is 0 Å². The molecule has 1 rings (SSSR count). The van der Waals surface area contributed by atoms with E-state index >= 15 is 0 Å². The van der Waals surface area contributed by atoms with Gasteiger partial charge in [0, 0.05) is 11.1 Å². The Morgan fingerprint density at radius 2 is 2.07 bits per heavy atom. The van der Waals surface area contributed by atoms with Crippen LogP contribution in [-0.4, -0.2) is 6.54 Å². The molecule has 0 saturated heterocycles. The zero-order chi connectivity index (χ0) is 11.1. The second-order valence-electron chi connectivity index (χ2n) is 3.66. The van der Waals surface area contributed by atoms with E-state index in [4.69, 9.17) is 11.6 Å².